The van der Waals surface area contributed by atoms with E-state index < -0.39 is 16.0 Å². The SMILES string of the molecule is CCOC(=O)c1cn[nH]c1S(=O)(=O)N1CC2CCC(N)C2C1. The molecule has 0 bridgehead atoms. The third kappa shape index (κ3) is 2.42. The van der Waals surface area contributed by atoms with Crippen molar-refractivity contribution in [2.45, 2.75) is 30.8 Å². The highest BCUT2D eigenvalue weighted by Gasteiger charge is 2.46. The van der Waals surface area contributed by atoms with Gasteiger partial charge in [-0.15, -0.1) is 0 Å². The highest BCUT2D eigenvalue weighted by Crippen LogP contribution is 2.39. The first-order valence-corrected chi connectivity index (χ1v) is 8.85. The molecule has 2 aliphatic rings. The molecule has 0 radical (unpaired) electrons. The first-order chi connectivity index (χ1) is 10.4. The molecule has 3 rings (SSSR count). The molecule has 22 heavy (non-hydrogen) atoms. The van der Waals surface area contributed by atoms with Crippen LogP contribution in [-0.4, -0.2) is 54.6 Å². The zero-order valence-electron chi connectivity index (χ0n) is 12.4. The molecule has 122 valence electrons. The summed E-state index contributed by atoms with van der Waals surface area (Å²) in [6.07, 6.45) is 3.08. The van der Waals surface area contributed by atoms with Crippen LogP contribution in [0.2, 0.25) is 0 Å². The van der Waals surface area contributed by atoms with Gasteiger partial charge in [0, 0.05) is 19.1 Å². The van der Waals surface area contributed by atoms with Gasteiger partial charge in [-0.25, -0.2) is 13.2 Å². The van der Waals surface area contributed by atoms with Gasteiger partial charge >= 0.3 is 5.97 Å². The summed E-state index contributed by atoms with van der Waals surface area (Å²) in [5, 5.41) is 5.93. The number of carbonyl (C=O) groups is 1. The number of fused-ring (bicyclic) bond motifs is 1. The molecule has 3 atom stereocenters. The van der Waals surface area contributed by atoms with Crippen LogP contribution in [0.5, 0.6) is 0 Å². The number of sulfonamides is 1. The van der Waals surface area contributed by atoms with E-state index in [-0.39, 0.29) is 29.2 Å². The van der Waals surface area contributed by atoms with E-state index in [1.165, 1.54) is 10.5 Å². The molecule has 1 aromatic rings. The molecule has 3 unspecified atom stereocenters. The Hall–Kier alpha value is -1.45. The predicted molar refractivity (Wildman–Crippen MR) is 77.5 cm³/mol. The van der Waals surface area contributed by atoms with Gasteiger partial charge in [0.15, 0.2) is 5.03 Å². The number of esters is 1. The lowest BCUT2D eigenvalue weighted by molar-refractivity contribution is 0.0521. The molecule has 0 aromatic carbocycles. The van der Waals surface area contributed by atoms with Crippen molar-refractivity contribution in [3.63, 3.8) is 0 Å². The standard InChI is InChI=1S/C13H20N4O4S/c1-2-21-13(18)9-5-15-16-12(9)22(19,20)17-6-8-3-4-11(14)10(8)7-17/h5,8,10-11H,2-4,6-7,14H2,1H3,(H,15,16). The third-order valence-electron chi connectivity index (χ3n) is 4.58. The molecular weight excluding hydrogens is 308 g/mol. The number of ether oxygens (including phenoxy) is 1. The van der Waals surface area contributed by atoms with Gasteiger partial charge in [0.05, 0.1) is 12.8 Å². The summed E-state index contributed by atoms with van der Waals surface area (Å²) < 4.78 is 31.8. The molecule has 0 spiro atoms. The van der Waals surface area contributed by atoms with Crippen molar-refractivity contribution >= 4 is 16.0 Å². The normalized spacial score (nSPS) is 28.7. The fraction of sp³-hybridized carbons (Fsp3) is 0.692. The number of aromatic nitrogens is 2. The van der Waals surface area contributed by atoms with E-state index in [4.69, 9.17) is 10.5 Å². The molecule has 0 amide bonds. The zero-order chi connectivity index (χ0) is 15.9. The van der Waals surface area contributed by atoms with Gasteiger partial charge in [-0.1, -0.05) is 0 Å². The molecule has 1 saturated carbocycles. The molecule has 2 heterocycles. The van der Waals surface area contributed by atoms with Gasteiger partial charge in [-0.2, -0.15) is 9.40 Å². The van der Waals surface area contributed by atoms with Crippen molar-refractivity contribution in [2.75, 3.05) is 19.7 Å². The van der Waals surface area contributed by atoms with Crippen LogP contribution in [0.3, 0.4) is 0 Å². The second-order valence-corrected chi connectivity index (χ2v) is 7.70. The monoisotopic (exact) mass is 328 g/mol. The fourth-order valence-electron chi connectivity index (χ4n) is 3.42. The molecule has 8 nitrogen and oxygen atoms in total. The largest absolute Gasteiger partial charge is 0.462 e. The van der Waals surface area contributed by atoms with Crippen molar-refractivity contribution in [1.82, 2.24) is 14.5 Å². The lowest BCUT2D eigenvalue weighted by Gasteiger charge is -2.18. The summed E-state index contributed by atoms with van der Waals surface area (Å²) >= 11 is 0. The summed E-state index contributed by atoms with van der Waals surface area (Å²) in [5.41, 5.74) is 5.99. The van der Waals surface area contributed by atoms with E-state index in [0.29, 0.717) is 19.0 Å². The Balaban J connectivity index is 1.86. The number of nitrogens with zero attached hydrogens (tertiary/aromatic N) is 2. The van der Waals surface area contributed by atoms with Crippen LogP contribution in [0.4, 0.5) is 0 Å². The first-order valence-electron chi connectivity index (χ1n) is 7.41. The summed E-state index contributed by atoms with van der Waals surface area (Å²) in [6.45, 7) is 2.68. The van der Waals surface area contributed by atoms with E-state index >= 15 is 0 Å². The van der Waals surface area contributed by atoms with Crippen LogP contribution >= 0.6 is 0 Å². The van der Waals surface area contributed by atoms with E-state index in [1.807, 2.05) is 0 Å². The van der Waals surface area contributed by atoms with Crippen molar-refractivity contribution in [3.8, 4) is 0 Å². The van der Waals surface area contributed by atoms with Crippen molar-refractivity contribution < 1.29 is 17.9 Å². The highest BCUT2D eigenvalue weighted by atomic mass is 32.2. The number of carbonyl (C=O) groups excluding carboxylic acids is 1. The third-order valence-corrected chi connectivity index (χ3v) is 6.38. The summed E-state index contributed by atoms with van der Waals surface area (Å²) in [7, 11) is -3.80. The first kappa shape index (κ1) is 15.4. The molecule has 1 aliphatic carbocycles. The Morgan fingerprint density at radius 3 is 2.95 bits per heavy atom. The van der Waals surface area contributed by atoms with Crippen LogP contribution in [0, 0.1) is 11.8 Å². The van der Waals surface area contributed by atoms with Crippen LogP contribution in [0.1, 0.15) is 30.1 Å². The molecule has 2 fully saturated rings. The minimum Gasteiger partial charge on any atom is -0.462 e. The number of nitrogens with two attached hydrogens (primary N) is 1. The number of aromatic amines is 1. The average Bonchev–Trinajstić information content (AvgIpc) is 3.16. The number of hydrogen-bond acceptors (Lipinski definition) is 6. The number of H-pyrrole nitrogens is 1. The molecule has 3 N–H and O–H groups in total. The molecule has 1 aliphatic heterocycles. The molecule has 1 saturated heterocycles. The van der Waals surface area contributed by atoms with Crippen LogP contribution in [-0.2, 0) is 14.8 Å². The zero-order valence-corrected chi connectivity index (χ0v) is 13.2. The average molecular weight is 328 g/mol. The topological polar surface area (TPSA) is 118 Å². The van der Waals surface area contributed by atoms with Crippen LogP contribution in [0.25, 0.3) is 0 Å². The smallest absolute Gasteiger partial charge is 0.342 e. The van der Waals surface area contributed by atoms with Gasteiger partial charge in [0.25, 0.3) is 10.0 Å². The van der Waals surface area contributed by atoms with E-state index in [1.54, 1.807) is 6.92 Å². The van der Waals surface area contributed by atoms with E-state index in [9.17, 15) is 13.2 Å². The van der Waals surface area contributed by atoms with Gasteiger partial charge in [-0.05, 0) is 31.6 Å². The lowest BCUT2D eigenvalue weighted by atomic mass is 9.98. The van der Waals surface area contributed by atoms with Crippen LogP contribution in [0.15, 0.2) is 11.2 Å². The van der Waals surface area contributed by atoms with Gasteiger partial charge in [-0.3, -0.25) is 5.10 Å². The van der Waals surface area contributed by atoms with Crippen molar-refractivity contribution in [3.05, 3.63) is 11.8 Å². The maximum absolute atomic E-state index is 12.8. The quantitative estimate of drug-likeness (QED) is 0.748. The second-order valence-electron chi connectivity index (χ2n) is 5.82. The van der Waals surface area contributed by atoms with E-state index in [2.05, 4.69) is 10.2 Å². The van der Waals surface area contributed by atoms with Crippen molar-refractivity contribution in [2.24, 2.45) is 17.6 Å². The van der Waals surface area contributed by atoms with Gasteiger partial charge in [0.2, 0.25) is 0 Å². The minimum absolute atomic E-state index is 0.0523. The number of hydrogen-bond donors (Lipinski definition) is 2. The van der Waals surface area contributed by atoms with Crippen LogP contribution < -0.4 is 5.73 Å². The maximum atomic E-state index is 12.8. The van der Waals surface area contributed by atoms with Gasteiger partial charge in [0.1, 0.15) is 5.56 Å². The highest BCUT2D eigenvalue weighted by molar-refractivity contribution is 7.89. The summed E-state index contributed by atoms with van der Waals surface area (Å²) in [4.78, 5) is 11.9. The Bertz CT molecular complexity index is 671. The Labute approximate surface area is 129 Å². The maximum Gasteiger partial charge on any atom is 0.342 e. The van der Waals surface area contributed by atoms with Gasteiger partial charge < -0.3 is 10.5 Å². The predicted octanol–water partition coefficient (Wildman–Crippen LogP) is -0.0558. The molecular formula is C13H20N4O4S. The summed E-state index contributed by atoms with van der Waals surface area (Å²) in [5.74, 6) is -0.187. The lowest BCUT2D eigenvalue weighted by Crippen LogP contribution is -2.34. The number of nitrogens with one attached hydrogen (secondary N) is 1. The van der Waals surface area contributed by atoms with E-state index in [0.717, 1.165) is 12.8 Å². The Morgan fingerprint density at radius 1 is 1.50 bits per heavy atom. The minimum atomic E-state index is -3.80. The Kier molecular flexibility index (Phi) is 3.96. The second kappa shape index (κ2) is 5.64. The van der Waals surface area contributed by atoms with Crippen molar-refractivity contribution in [1.29, 1.82) is 0 Å². The molecule has 9 heteroatoms. The fourth-order valence-corrected chi connectivity index (χ4v) is 5.01. The molecule has 1 aromatic heterocycles. The summed E-state index contributed by atoms with van der Waals surface area (Å²) in [6, 6.07) is 0.0523. The number of rotatable bonds is 4. The Morgan fingerprint density at radius 2 is 2.27 bits per heavy atom.